The zero-order valence-corrected chi connectivity index (χ0v) is 13.3. The average molecular weight is 284 g/mol. The highest BCUT2D eigenvalue weighted by Gasteiger charge is 2.30. The van der Waals surface area contributed by atoms with Gasteiger partial charge in [-0.2, -0.15) is 0 Å². The van der Waals surface area contributed by atoms with Crippen molar-refractivity contribution < 1.29 is 14.3 Å². The summed E-state index contributed by atoms with van der Waals surface area (Å²) in [7, 11) is 0. The maximum atomic E-state index is 11.8. The van der Waals surface area contributed by atoms with Crippen molar-refractivity contribution >= 4 is 12.0 Å². The summed E-state index contributed by atoms with van der Waals surface area (Å²) in [6, 6.07) is 0.0947. The summed E-state index contributed by atoms with van der Waals surface area (Å²) in [4.78, 5) is 23.4. The zero-order chi connectivity index (χ0) is 15.3. The first-order valence-electron chi connectivity index (χ1n) is 7.46. The molecule has 1 saturated carbocycles. The first-order valence-corrected chi connectivity index (χ1v) is 7.46. The summed E-state index contributed by atoms with van der Waals surface area (Å²) in [5.74, 6) is 0.354. The van der Waals surface area contributed by atoms with E-state index in [0.29, 0.717) is 12.5 Å². The fraction of sp³-hybridized carbons (Fsp3) is 0.867. The third-order valence-corrected chi connectivity index (χ3v) is 3.42. The summed E-state index contributed by atoms with van der Waals surface area (Å²) < 4.78 is 5.27. The van der Waals surface area contributed by atoms with Gasteiger partial charge in [0.05, 0.1) is 0 Å². The lowest BCUT2D eigenvalue weighted by atomic mass is 10.0. The van der Waals surface area contributed by atoms with Crippen LogP contribution >= 0.6 is 0 Å². The normalized spacial score (nSPS) is 22.7. The van der Waals surface area contributed by atoms with E-state index in [0.717, 1.165) is 19.3 Å². The van der Waals surface area contributed by atoms with Crippen LogP contribution in [0.3, 0.4) is 0 Å². The van der Waals surface area contributed by atoms with E-state index in [4.69, 9.17) is 4.74 Å². The summed E-state index contributed by atoms with van der Waals surface area (Å²) in [6.07, 6.45) is 2.67. The molecule has 0 bridgehead atoms. The highest BCUT2D eigenvalue weighted by Crippen LogP contribution is 2.25. The summed E-state index contributed by atoms with van der Waals surface area (Å²) in [5, 5.41) is 5.87. The standard InChI is InChI=1S/C15H28N2O3/c1-10(2)13(18)16-9-11-7-6-8-12(11)17-14(19)20-15(3,4)5/h10-12H,6-9H2,1-5H3,(H,16,18)(H,17,19)/t11-,12+/m1/s1. The Balaban J connectivity index is 2.41. The molecule has 0 unspecified atom stereocenters. The van der Waals surface area contributed by atoms with Gasteiger partial charge in [0.15, 0.2) is 0 Å². The molecule has 2 amide bonds. The molecule has 2 atom stereocenters. The van der Waals surface area contributed by atoms with Gasteiger partial charge >= 0.3 is 6.09 Å². The molecule has 20 heavy (non-hydrogen) atoms. The Hall–Kier alpha value is -1.26. The fourth-order valence-corrected chi connectivity index (χ4v) is 2.37. The predicted molar refractivity (Wildman–Crippen MR) is 78.3 cm³/mol. The van der Waals surface area contributed by atoms with Crippen molar-refractivity contribution in [3.63, 3.8) is 0 Å². The van der Waals surface area contributed by atoms with Crippen molar-refractivity contribution in [2.24, 2.45) is 11.8 Å². The van der Waals surface area contributed by atoms with Crippen LogP contribution in [0.5, 0.6) is 0 Å². The van der Waals surface area contributed by atoms with E-state index < -0.39 is 5.60 Å². The Morgan fingerprint density at radius 1 is 1.25 bits per heavy atom. The minimum atomic E-state index is -0.482. The fourth-order valence-electron chi connectivity index (χ4n) is 2.37. The van der Waals surface area contributed by atoms with Crippen LogP contribution in [0.2, 0.25) is 0 Å². The Bertz CT molecular complexity index is 348. The summed E-state index contributed by atoms with van der Waals surface area (Å²) in [5.41, 5.74) is -0.482. The van der Waals surface area contributed by atoms with Crippen molar-refractivity contribution in [2.75, 3.05) is 6.54 Å². The van der Waals surface area contributed by atoms with Gasteiger partial charge in [0.2, 0.25) is 5.91 Å². The maximum Gasteiger partial charge on any atom is 0.407 e. The van der Waals surface area contributed by atoms with E-state index in [1.807, 2.05) is 34.6 Å². The number of rotatable bonds is 4. The van der Waals surface area contributed by atoms with E-state index in [9.17, 15) is 9.59 Å². The molecule has 0 aromatic heterocycles. The number of carbonyl (C=O) groups is 2. The first-order chi connectivity index (χ1) is 9.19. The lowest BCUT2D eigenvalue weighted by molar-refractivity contribution is -0.124. The summed E-state index contributed by atoms with van der Waals surface area (Å²) in [6.45, 7) is 9.92. The largest absolute Gasteiger partial charge is 0.444 e. The van der Waals surface area contributed by atoms with Crippen LogP contribution in [-0.2, 0) is 9.53 Å². The molecule has 1 aliphatic rings. The Labute approximate surface area is 121 Å². The van der Waals surface area contributed by atoms with Crippen molar-refractivity contribution in [3.8, 4) is 0 Å². The monoisotopic (exact) mass is 284 g/mol. The second-order valence-corrected chi connectivity index (χ2v) is 6.84. The molecule has 0 saturated heterocycles. The number of hydrogen-bond donors (Lipinski definition) is 2. The van der Waals surface area contributed by atoms with E-state index in [1.54, 1.807) is 0 Å². The lowest BCUT2D eigenvalue weighted by Gasteiger charge is -2.25. The van der Waals surface area contributed by atoms with Gasteiger partial charge in [0.25, 0.3) is 0 Å². The number of alkyl carbamates (subject to hydrolysis) is 1. The molecule has 0 spiro atoms. The van der Waals surface area contributed by atoms with E-state index in [2.05, 4.69) is 10.6 Å². The van der Waals surface area contributed by atoms with Crippen LogP contribution in [0.1, 0.15) is 53.9 Å². The van der Waals surface area contributed by atoms with Crippen molar-refractivity contribution in [3.05, 3.63) is 0 Å². The van der Waals surface area contributed by atoms with E-state index in [-0.39, 0.29) is 24.0 Å². The molecular weight excluding hydrogens is 256 g/mol. The van der Waals surface area contributed by atoms with Crippen LogP contribution in [0.4, 0.5) is 4.79 Å². The van der Waals surface area contributed by atoms with Gasteiger partial charge in [0.1, 0.15) is 5.60 Å². The van der Waals surface area contributed by atoms with Crippen molar-refractivity contribution in [2.45, 2.75) is 65.5 Å². The predicted octanol–water partition coefficient (Wildman–Crippen LogP) is 2.45. The molecule has 0 radical (unpaired) electrons. The number of carbonyl (C=O) groups excluding carboxylic acids is 2. The molecule has 0 aromatic rings. The van der Waals surface area contributed by atoms with Crippen LogP contribution in [-0.4, -0.2) is 30.2 Å². The molecule has 5 heteroatoms. The molecule has 2 N–H and O–H groups in total. The van der Waals surface area contributed by atoms with E-state index >= 15 is 0 Å². The van der Waals surface area contributed by atoms with Crippen molar-refractivity contribution in [1.29, 1.82) is 0 Å². The molecule has 1 rings (SSSR count). The Kier molecular flexibility index (Phi) is 5.84. The molecular formula is C15H28N2O3. The van der Waals surface area contributed by atoms with Gasteiger partial charge in [0, 0.05) is 18.5 Å². The molecule has 0 aliphatic heterocycles. The molecule has 0 heterocycles. The second kappa shape index (κ2) is 6.95. The number of amides is 2. The highest BCUT2D eigenvalue weighted by atomic mass is 16.6. The Morgan fingerprint density at radius 2 is 1.90 bits per heavy atom. The quantitative estimate of drug-likeness (QED) is 0.833. The van der Waals surface area contributed by atoms with Gasteiger partial charge in [-0.05, 0) is 39.5 Å². The van der Waals surface area contributed by atoms with E-state index in [1.165, 1.54) is 0 Å². The molecule has 1 aliphatic carbocycles. The topological polar surface area (TPSA) is 67.4 Å². The number of nitrogens with one attached hydrogen (secondary N) is 2. The third-order valence-electron chi connectivity index (χ3n) is 3.42. The van der Waals surface area contributed by atoms with Gasteiger partial charge < -0.3 is 15.4 Å². The SMILES string of the molecule is CC(C)C(=O)NC[C@H]1CCC[C@@H]1NC(=O)OC(C)(C)C. The molecule has 0 aromatic carbocycles. The molecule has 116 valence electrons. The Morgan fingerprint density at radius 3 is 2.45 bits per heavy atom. The molecule has 1 fully saturated rings. The molecule has 5 nitrogen and oxygen atoms in total. The zero-order valence-electron chi connectivity index (χ0n) is 13.3. The van der Waals surface area contributed by atoms with Gasteiger partial charge in [-0.15, -0.1) is 0 Å². The first kappa shape index (κ1) is 16.8. The van der Waals surface area contributed by atoms with Crippen LogP contribution < -0.4 is 10.6 Å². The van der Waals surface area contributed by atoms with Crippen LogP contribution in [0, 0.1) is 11.8 Å². The van der Waals surface area contributed by atoms with Crippen LogP contribution in [0.15, 0.2) is 0 Å². The lowest BCUT2D eigenvalue weighted by Crippen LogP contribution is -2.44. The van der Waals surface area contributed by atoms with Gasteiger partial charge in [-0.25, -0.2) is 4.79 Å². The minimum Gasteiger partial charge on any atom is -0.444 e. The number of ether oxygens (including phenoxy) is 1. The van der Waals surface area contributed by atoms with Gasteiger partial charge in [-0.1, -0.05) is 20.3 Å². The highest BCUT2D eigenvalue weighted by molar-refractivity contribution is 5.77. The van der Waals surface area contributed by atoms with Crippen LogP contribution in [0.25, 0.3) is 0 Å². The minimum absolute atomic E-state index is 0.00586. The maximum absolute atomic E-state index is 11.8. The third kappa shape index (κ3) is 5.80. The smallest absolute Gasteiger partial charge is 0.407 e. The second-order valence-electron chi connectivity index (χ2n) is 6.84. The van der Waals surface area contributed by atoms with Gasteiger partial charge in [-0.3, -0.25) is 4.79 Å². The number of hydrogen-bond acceptors (Lipinski definition) is 3. The summed E-state index contributed by atoms with van der Waals surface area (Å²) >= 11 is 0. The van der Waals surface area contributed by atoms with Crippen molar-refractivity contribution in [1.82, 2.24) is 10.6 Å². The average Bonchev–Trinajstić information content (AvgIpc) is 2.70.